The Morgan fingerprint density at radius 2 is 1.65 bits per heavy atom. The Balaban J connectivity index is 2.11. The summed E-state index contributed by atoms with van der Waals surface area (Å²) in [6.45, 7) is 9.76. The molecule has 0 saturated carbocycles. The second kappa shape index (κ2) is 5.51. The van der Waals surface area contributed by atoms with Crippen LogP contribution in [0, 0.1) is 0 Å². The van der Waals surface area contributed by atoms with Gasteiger partial charge in [0.25, 0.3) is 0 Å². The summed E-state index contributed by atoms with van der Waals surface area (Å²) in [5.41, 5.74) is 0.0935. The number of amides is 1. The van der Waals surface area contributed by atoms with Gasteiger partial charge in [0.1, 0.15) is 6.17 Å². The van der Waals surface area contributed by atoms with E-state index in [4.69, 9.17) is 5.11 Å². The Labute approximate surface area is 121 Å². The van der Waals surface area contributed by atoms with Crippen molar-refractivity contribution < 1.29 is 18.8 Å². The molecule has 0 aromatic carbocycles. The topological polar surface area (TPSA) is 40.5 Å². The SMILES string of the molecule is CC(C)(C)[N+]1(C2CCN(C(=O)O)CC2)CCC(F)CC1. The predicted molar refractivity (Wildman–Crippen MR) is 76.5 cm³/mol. The van der Waals surface area contributed by atoms with Gasteiger partial charge in [-0.15, -0.1) is 0 Å². The van der Waals surface area contributed by atoms with Crippen LogP contribution in [0.15, 0.2) is 0 Å². The number of piperidine rings is 2. The van der Waals surface area contributed by atoms with E-state index in [0.717, 1.165) is 30.4 Å². The number of likely N-dealkylation sites (tertiary alicyclic amines) is 2. The first kappa shape index (κ1) is 15.5. The number of quaternary nitrogens is 1. The highest BCUT2D eigenvalue weighted by Gasteiger charge is 2.49. The van der Waals surface area contributed by atoms with Gasteiger partial charge in [-0.1, -0.05) is 0 Å². The summed E-state index contributed by atoms with van der Waals surface area (Å²) in [5, 5.41) is 9.06. The molecular formula is C15H28FN2O2+. The molecule has 2 saturated heterocycles. The molecule has 20 heavy (non-hydrogen) atoms. The number of halogens is 1. The lowest BCUT2D eigenvalue weighted by molar-refractivity contribution is -0.997. The monoisotopic (exact) mass is 287 g/mol. The van der Waals surface area contributed by atoms with Crippen molar-refractivity contribution in [2.45, 2.75) is 64.2 Å². The van der Waals surface area contributed by atoms with Crippen LogP contribution >= 0.6 is 0 Å². The lowest BCUT2D eigenvalue weighted by Crippen LogP contribution is -2.69. The van der Waals surface area contributed by atoms with E-state index in [-0.39, 0.29) is 5.54 Å². The zero-order valence-corrected chi connectivity index (χ0v) is 12.9. The van der Waals surface area contributed by atoms with E-state index >= 15 is 0 Å². The lowest BCUT2D eigenvalue weighted by Gasteiger charge is -2.57. The van der Waals surface area contributed by atoms with E-state index in [0.29, 0.717) is 32.0 Å². The van der Waals surface area contributed by atoms with Gasteiger partial charge >= 0.3 is 6.09 Å². The summed E-state index contributed by atoms with van der Waals surface area (Å²) < 4.78 is 14.5. The molecule has 0 bridgehead atoms. The fourth-order valence-electron chi connectivity index (χ4n) is 4.13. The third kappa shape index (κ3) is 2.78. The van der Waals surface area contributed by atoms with E-state index in [2.05, 4.69) is 20.8 Å². The summed E-state index contributed by atoms with van der Waals surface area (Å²) in [5.74, 6) is 0. The molecule has 2 aliphatic rings. The third-order valence-corrected chi connectivity index (χ3v) is 5.45. The average molecular weight is 287 g/mol. The maximum absolute atomic E-state index is 13.6. The third-order valence-electron chi connectivity index (χ3n) is 5.45. The summed E-state index contributed by atoms with van der Waals surface area (Å²) in [4.78, 5) is 12.5. The minimum absolute atomic E-state index is 0.0935. The molecule has 1 amide bonds. The van der Waals surface area contributed by atoms with E-state index in [9.17, 15) is 9.18 Å². The van der Waals surface area contributed by atoms with Gasteiger partial charge in [-0.05, 0) is 20.8 Å². The molecule has 5 heteroatoms. The van der Waals surface area contributed by atoms with Crippen molar-refractivity contribution in [1.82, 2.24) is 4.90 Å². The van der Waals surface area contributed by atoms with Crippen molar-refractivity contribution in [2.75, 3.05) is 26.2 Å². The van der Waals surface area contributed by atoms with E-state index in [1.165, 1.54) is 4.90 Å². The van der Waals surface area contributed by atoms with Gasteiger partial charge in [-0.2, -0.15) is 0 Å². The van der Waals surface area contributed by atoms with Gasteiger partial charge < -0.3 is 14.5 Å². The Morgan fingerprint density at radius 3 is 2.05 bits per heavy atom. The molecular weight excluding hydrogens is 259 g/mol. The van der Waals surface area contributed by atoms with E-state index in [1.54, 1.807) is 0 Å². The second-order valence-electron chi connectivity index (χ2n) is 7.33. The first-order chi connectivity index (χ1) is 9.26. The highest BCUT2D eigenvalue weighted by molar-refractivity contribution is 5.64. The molecule has 0 aromatic rings. The summed E-state index contributed by atoms with van der Waals surface area (Å²) >= 11 is 0. The van der Waals surface area contributed by atoms with Gasteiger partial charge in [0.2, 0.25) is 0 Å². The average Bonchev–Trinajstić information content (AvgIpc) is 2.38. The molecule has 1 N–H and O–H groups in total. The van der Waals surface area contributed by atoms with Crippen LogP contribution in [0.4, 0.5) is 9.18 Å². The van der Waals surface area contributed by atoms with E-state index in [1.807, 2.05) is 0 Å². The van der Waals surface area contributed by atoms with Crippen LogP contribution in [0.1, 0.15) is 46.5 Å². The van der Waals surface area contributed by atoms with Crippen molar-refractivity contribution in [3.05, 3.63) is 0 Å². The molecule has 0 aromatic heterocycles. The highest BCUT2D eigenvalue weighted by Crippen LogP contribution is 2.38. The maximum Gasteiger partial charge on any atom is 0.407 e. The number of nitrogens with zero attached hydrogens (tertiary/aromatic N) is 2. The standard InChI is InChI=1S/C15H27FN2O2/c1-15(2,3)18(10-6-12(16)7-11-18)13-4-8-17(9-5-13)14(19)20/h12-13H,4-11H2,1-3H3/p+1. The quantitative estimate of drug-likeness (QED) is 0.753. The molecule has 0 aliphatic carbocycles. The molecule has 2 aliphatic heterocycles. The Kier molecular flexibility index (Phi) is 4.28. The van der Waals surface area contributed by atoms with Gasteiger partial charge in [-0.25, -0.2) is 9.18 Å². The summed E-state index contributed by atoms with van der Waals surface area (Å²) in [7, 11) is 0. The van der Waals surface area contributed by atoms with Crippen LogP contribution < -0.4 is 0 Å². The molecule has 2 heterocycles. The molecule has 2 rings (SSSR count). The maximum atomic E-state index is 13.6. The highest BCUT2D eigenvalue weighted by atomic mass is 19.1. The largest absolute Gasteiger partial charge is 0.465 e. The number of rotatable bonds is 1. The second-order valence-corrected chi connectivity index (χ2v) is 7.33. The normalized spacial score (nSPS) is 33.2. The van der Waals surface area contributed by atoms with Crippen LogP contribution in [0.5, 0.6) is 0 Å². The molecule has 0 unspecified atom stereocenters. The molecule has 2 fully saturated rings. The number of hydrogen-bond donors (Lipinski definition) is 1. The van der Waals surface area contributed by atoms with Crippen LogP contribution in [0.2, 0.25) is 0 Å². The predicted octanol–water partition coefficient (Wildman–Crippen LogP) is 2.88. The van der Waals surface area contributed by atoms with Crippen LogP contribution in [0.25, 0.3) is 0 Å². The number of alkyl halides is 1. The minimum Gasteiger partial charge on any atom is -0.465 e. The molecule has 116 valence electrons. The lowest BCUT2D eigenvalue weighted by atomic mass is 9.87. The Morgan fingerprint density at radius 1 is 1.15 bits per heavy atom. The zero-order valence-electron chi connectivity index (χ0n) is 12.9. The summed E-state index contributed by atoms with van der Waals surface area (Å²) in [6.07, 6.45) is 1.64. The van der Waals surface area contributed by atoms with Gasteiger partial charge in [0, 0.05) is 38.8 Å². The zero-order chi connectivity index (χ0) is 15.0. The number of hydrogen-bond acceptors (Lipinski definition) is 1. The van der Waals surface area contributed by atoms with Gasteiger partial charge in [-0.3, -0.25) is 0 Å². The van der Waals surface area contributed by atoms with Crippen molar-refractivity contribution in [1.29, 1.82) is 0 Å². The smallest absolute Gasteiger partial charge is 0.407 e. The van der Waals surface area contributed by atoms with Crippen molar-refractivity contribution in [3.63, 3.8) is 0 Å². The Bertz CT molecular complexity index is 351. The van der Waals surface area contributed by atoms with Crippen molar-refractivity contribution >= 4 is 6.09 Å². The number of carbonyl (C=O) groups is 1. The molecule has 4 nitrogen and oxygen atoms in total. The van der Waals surface area contributed by atoms with Gasteiger partial charge in [0.05, 0.1) is 24.7 Å². The van der Waals surface area contributed by atoms with Crippen LogP contribution in [-0.4, -0.2) is 64.5 Å². The Hall–Kier alpha value is -0.840. The molecule has 0 radical (unpaired) electrons. The molecule has 0 spiro atoms. The minimum atomic E-state index is -0.812. The summed E-state index contributed by atoms with van der Waals surface area (Å²) in [6, 6.07) is 0.470. The first-order valence-corrected chi connectivity index (χ1v) is 7.75. The van der Waals surface area contributed by atoms with Gasteiger partial charge in [0.15, 0.2) is 0 Å². The van der Waals surface area contributed by atoms with Crippen LogP contribution in [0.3, 0.4) is 0 Å². The van der Waals surface area contributed by atoms with Crippen molar-refractivity contribution in [3.8, 4) is 0 Å². The van der Waals surface area contributed by atoms with Crippen molar-refractivity contribution in [2.24, 2.45) is 0 Å². The first-order valence-electron chi connectivity index (χ1n) is 7.75. The molecule has 0 atom stereocenters. The number of carboxylic acid groups (broad SMARTS) is 1. The fraction of sp³-hybridized carbons (Fsp3) is 0.933. The van der Waals surface area contributed by atoms with Crippen LogP contribution in [-0.2, 0) is 0 Å². The van der Waals surface area contributed by atoms with E-state index < -0.39 is 12.3 Å². The fourth-order valence-corrected chi connectivity index (χ4v) is 4.13.